The summed E-state index contributed by atoms with van der Waals surface area (Å²) in [6.07, 6.45) is 0. The van der Waals surface area contributed by atoms with Crippen LogP contribution in [0.4, 0.5) is 0 Å². The van der Waals surface area contributed by atoms with Crippen LogP contribution >= 0.6 is 0 Å². The first-order chi connectivity index (χ1) is 9.99. The summed E-state index contributed by atoms with van der Waals surface area (Å²) in [6, 6.07) is 3.61. The Labute approximate surface area is 125 Å². The van der Waals surface area contributed by atoms with Crippen molar-refractivity contribution in [1.82, 2.24) is 0 Å². The summed E-state index contributed by atoms with van der Waals surface area (Å²) >= 11 is 0. The maximum absolute atomic E-state index is 11.8. The van der Waals surface area contributed by atoms with E-state index in [1.165, 1.54) is 0 Å². The van der Waals surface area contributed by atoms with E-state index in [-0.39, 0.29) is 5.97 Å². The van der Waals surface area contributed by atoms with Crippen LogP contribution in [0.1, 0.15) is 26.3 Å². The van der Waals surface area contributed by atoms with Crippen molar-refractivity contribution in [1.29, 1.82) is 0 Å². The molecule has 21 heavy (non-hydrogen) atoms. The molecule has 0 saturated heterocycles. The molecular weight excluding hydrogens is 272 g/mol. The lowest BCUT2D eigenvalue weighted by Crippen LogP contribution is -2.07. The van der Waals surface area contributed by atoms with Crippen molar-refractivity contribution in [2.45, 2.75) is 20.8 Å². The summed E-state index contributed by atoms with van der Waals surface area (Å²) in [5.74, 6) is 1.28. The van der Waals surface area contributed by atoms with Gasteiger partial charge in [0, 0.05) is 5.57 Å². The monoisotopic (exact) mass is 294 g/mol. The fourth-order valence-electron chi connectivity index (χ4n) is 1.91. The Hall–Kier alpha value is -2.17. The zero-order valence-corrected chi connectivity index (χ0v) is 13.4. The summed E-state index contributed by atoms with van der Waals surface area (Å²) in [7, 11) is 4.66. The summed E-state index contributed by atoms with van der Waals surface area (Å²) in [4.78, 5) is 11.8. The van der Waals surface area contributed by atoms with E-state index in [0.29, 0.717) is 29.4 Å². The number of rotatable bonds is 6. The Bertz CT molecular complexity index is 521. The molecule has 0 heterocycles. The minimum Gasteiger partial charge on any atom is -0.493 e. The number of esters is 1. The SMILES string of the molecule is CCOC(=O)/C(C)=C(/C)c1cc(OC)c(OC)c(OC)c1. The lowest BCUT2D eigenvalue weighted by Gasteiger charge is -2.15. The molecule has 0 N–H and O–H groups in total. The third kappa shape index (κ3) is 3.68. The number of hydrogen-bond donors (Lipinski definition) is 0. The molecule has 1 aromatic rings. The molecule has 0 saturated carbocycles. The number of hydrogen-bond acceptors (Lipinski definition) is 5. The van der Waals surface area contributed by atoms with E-state index >= 15 is 0 Å². The molecule has 0 aliphatic rings. The predicted octanol–water partition coefficient (Wildman–Crippen LogP) is 3.07. The summed E-state index contributed by atoms with van der Waals surface area (Å²) in [5.41, 5.74) is 2.16. The number of ether oxygens (including phenoxy) is 4. The van der Waals surface area contributed by atoms with Gasteiger partial charge in [-0.15, -0.1) is 0 Å². The van der Waals surface area contributed by atoms with Crippen LogP contribution in [0, 0.1) is 0 Å². The van der Waals surface area contributed by atoms with E-state index in [1.807, 2.05) is 6.92 Å². The van der Waals surface area contributed by atoms with Gasteiger partial charge in [-0.05, 0) is 44.0 Å². The van der Waals surface area contributed by atoms with Gasteiger partial charge in [0.1, 0.15) is 0 Å². The van der Waals surface area contributed by atoms with Gasteiger partial charge in [0.05, 0.1) is 27.9 Å². The Balaban J connectivity index is 3.36. The van der Waals surface area contributed by atoms with E-state index in [1.54, 1.807) is 47.3 Å². The molecule has 0 amide bonds. The molecule has 0 aliphatic carbocycles. The quantitative estimate of drug-likeness (QED) is 0.596. The number of benzene rings is 1. The van der Waals surface area contributed by atoms with Crippen molar-refractivity contribution >= 4 is 11.5 Å². The summed E-state index contributed by atoms with van der Waals surface area (Å²) < 4.78 is 20.9. The van der Waals surface area contributed by atoms with Crippen LogP contribution in [-0.4, -0.2) is 33.9 Å². The maximum atomic E-state index is 11.8. The molecule has 0 fully saturated rings. The molecule has 0 radical (unpaired) electrons. The highest BCUT2D eigenvalue weighted by Crippen LogP contribution is 2.40. The number of methoxy groups -OCH3 is 3. The minimum absolute atomic E-state index is 0.330. The molecule has 0 unspecified atom stereocenters. The second kappa shape index (κ2) is 7.57. The van der Waals surface area contributed by atoms with Gasteiger partial charge in [-0.25, -0.2) is 4.79 Å². The Morgan fingerprint density at radius 3 is 1.90 bits per heavy atom. The molecule has 0 spiro atoms. The first-order valence-corrected chi connectivity index (χ1v) is 6.65. The molecule has 116 valence electrons. The van der Waals surface area contributed by atoms with E-state index in [9.17, 15) is 4.79 Å². The second-order valence-corrected chi connectivity index (χ2v) is 4.38. The van der Waals surface area contributed by atoms with E-state index in [4.69, 9.17) is 18.9 Å². The molecule has 0 aliphatic heterocycles. The van der Waals surface area contributed by atoms with Gasteiger partial charge in [-0.3, -0.25) is 0 Å². The van der Waals surface area contributed by atoms with E-state index in [0.717, 1.165) is 11.1 Å². The molecule has 1 rings (SSSR count). The molecule has 1 aromatic carbocycles. The van der Waals surface area contributed by atoms with Gasteiger partial charge >= 0.3 is 5.97 Å². The largest absolute Gasteiger partial charge is 0.493 e. The second-order valence-electron chi connectivity index (χ2n) is 4.38. The predicted molar refractivity (Wildman–Crippen MR) is 81.0 cm³/mol. The van der Waals surface area contributed by atoms with Crippen LogP contribution < -0.4 is 14.2 Å². The van der Waals surface area contributed by atoms with Crippen LogP contribution in [-0.2, 0) is 9.53 Å². The molecule has 0 atom stereocenters. The van der Waals surface area contributed by atoms with Crippen molar-refractivity contribution in [2.75, 3.05) is 27.9 Å². The van der Waals surface area contributed by atoms with E-state index < -0.39 is 0 Å². The lowest BCUT2D eigenvalue weighted by atomic mass is 10.0. The Morgan fingerprint density at radius 2 is 1.52 bits per heavy atom. The summed E-state index contributed by atoms with van der Waals surface area (Å²) in [6.45, 7) is 5.71. The molecule has 0 aromatic heterocycles. The van der Waals surface area contributed by atoms with Crippen LogP contribution in [0.15, 0.2) is 17.7 Å². The van der Waals surface area contributed by atoms with E-state index in [2.05, 4.69) is 0 Å². The fraction of sp³-hybridized carbons (Fsp3) is 0.438. The standard InChI is InChI=1S/C16H22O5/c1-7-21-16(17)11(3)10(2)12-8-13(18-4)15(20-6)14(9-12)19-5/h8-9H,7H2,1-6H3/b11-10-. The zero-order chi connectivity index (χ0) is 16.0. The van der Waals surface area contributed by atoms with Gasteiger partial charge in [0.15, 0.2) is 11.5 Å². The third-order valence-corrected chi connectivity index (χ3v) is 3.24. The van der Waals surface area contributed by atoms with Gasteiger partial charge in [0.2, 0.25) is 5.75 Å². The minimum atomic E-state index is -0.330. The molecule has 5 heteroatoms. The molecule has 5 nitrogen and oxygen atoms in total. The zero-order valence-electron chi connectivity index (χ0n) is 13.4. The first kappa shape index (κ1) is 16.9. The van der Waals surface area contributed by atoms with Gasteiger partial charge in [-0.1, -0.05) is 0 Å². The Kier molecular flexibility index (Phi) is 6.09. The van der Waals surface area contributed by atoms with Gasteiger partial charge in [-0.2, -0.15) is 0 Å². The van der Waals surface area contributed by atoms with Gasteiger partial charge < -0.3 is 18.9 Å². The van der Waals surface area contributed by atoms with Crippen LogP contribution in [0.2, 0.25) is 0 Å². The highest BCUT2D eigenvalue weighted by molar-refractivity contribution is 5.97. The average molecular weight is 294 g/mol. The highest BCUT2D eigenvalue weighted by atomic mass is 16.5. The number of allylic oxidation sites excluding steroid dienone is 1. The number of carbonyl (C=O) groups excluding carboxylic acids is 1. The summed E-state index contributed by atoms with van der Waals surface area (Å²) in [5, 5.41) is 0. The van der Waals surface area contributed by atoms with Crippen molar-refractivity contribution in [3.05, 3.63) is 23.3 Å². The Morgan fingerprint density at radius 1 is 1.00 bits per heavy atom. The smallest absolute Gasteiger partial charge is 0.333 e. The molecular formula is C16H22O5. The fourth-order valence-corrected chi connectivity index (χ4v) is 1.91. The van der Waals surface area contributed by atoms with Crippen molar-refractivity contribution < 1.29 is 23.7 Å². The van der Waals surface area contributed by atoms with Gasteiger partial charge in [0.25, 0.3) is 0 Å². The van der Waals surface area contributed by atoms with Crippen LogP contribution in [0.3, 0.4) is 0 Å². The van der Waals surface area contributed by atoms with Crippen LogP contribution in [0.5, 0.6) is 17.2 Å². The highest BCUT2D eigenvalue weighted by Gasteiger charge is 2.16. The van der Waals surface area contributed by atoms with Crippen molar-refractivity contribution in [3.8, 4) is 17.2 Å². The first-order valence-electron chi connectivity index (χ1n) is 6.65. The van der Waals surface area contributed by atoms with Crippen LogP contribution in [0.25, 0.3) is 5.57 Å². The lowest BCUT2D eigenvalue weighted by molar-refractivity contribution is -0.138. The van der Waals surface area contributed by atoms with Crippen molar-refractivity contribution in [3.63, 3.8) is 0 Å². The normalized spacial score (nSPS) is 11.5. The maximum Gasteiger partial charge on any atom is 0.333 e. The molecule has 0 bridgehead atoms. The third-order valence-electron chi connectivity index (χ3n) is 3.24. The van der Waals surface area contributed by atoms with Crippen molar-refractivity contribution in [2.24, 2.45) is 0 Å². The average Bonchev–Trinajstić information content (AvgIpc) is 2.51. The topological polar surface area (TPSA) is 54.0 Å². The number of carbonyl (C=O) groups is 1.